The lowest BCUT2D eigenvalue weighted by Crippen LogP contribution is -2.50. The van der Waals surface area contributed by atoms with Crippen molar-refractivity contribution in [2.45, 2.75) is 187 Å². The second-order valence-electron chi connectivity index (χ2n) is 14.9. The van der Waals surface area contributed by atoms with Gasteiger partial charge < -0.3 is 23.8 Å². The minimum atomic E-state index is -0.880. The first-order chi connectivity index (χ1) is 24.1. The van der Waals surface area contributed by atoms with Crippen LogP contribution in [-0.4, -0.2) is 80.6 Å². The number of carboxylic acid groups (broad SMARTS) is 1. The average Bonchev–Trinajstić information content (AvgIpc) is 3.06. The van der Waals surface area contributed by atoms with Crippen LogP contribution in [0, 0.1) is 0 Å². The molecule has 0 amide bonds. The maximum absolute atomic E-state index is 12.6. The molecule has 0 heterocycles. The van der Waals surface area contributed by atoms with Crippen molar-refractivity contribution in [1.82, 2.24) is 0 Å². The second kappa shape index (κ2) is 33.9. The molecule has 0 spiro atoms. The van der Waals surface area contributed by atoms with Crippen LogP contribution in [0.15, 0.2) is 24.3 Å². The van der Waals surface area contributed by atoms with Crippen LogP contribution in [0.2, 0.25) is 0 Å². The number of ether oxygens (including phenoxy) is 3. The first kappa shape index (κ1) is 47.8. The molecule has 8 nitrogen and oxygen atoms in total. The molecule has 0 aliphatic carbocycles. The standard InChI is InChI=1S/C42H77NO7/c1-6-8-10-12-14-15-16-17-18-19-20-21-22-23-24-25-27-29-31-33-41(45)50-38(36-48-35-34-39(42(46)47)43(3,4)5)37-49-40(44)32-30-28-26-13-11-9-7-2/h19-20,26,28,38-39H,6-18,21-25,27,29-37H2,1-5H3/p+1/b20-19+,28-26+. The van der Waals surface area contributed by atoms with Crippen LogP contribution in [0.1, 0.15) is 174 Å². The van der Waals surface area contributed by atoms with E-state index in [1.54, 1.807) is 0 Å². The number of likely N-dealkylation sites (N-methyl/N-ethyl adjacent to an activating group) is 1. The summed E-state index contributed by atoms with van der Waals surface area (Å²) in [6.45, 7) is 4.62. The van der Waals surface area contributed by atoms with Crippen molar-refractivity contribution < 1.29 is 38.2 Å². The van der Waals surface area contributed by atoms with Crippen molar-refractivity contribution in [3.8, 4) is 0 Å². The van der Waals surface area contributed by atoms with Gasteiger partial charge in [-0.15, -0.1) is 0 Å². The van der Waals surface area contributed by atoms with E-state index in [0.717, 1.165) is 32.1 Å². The van der Waals surface area contributed by atoms with Crippen molar-refractivity contribution in [3.05, 3.63) is 24.3 Å². The Bertz CT molecular complexity index is 880. The lowest BCUT2D eigenvalue weighted by Gasteiger charge is -2.31. The summed E-state index contributed by atoms with van der Waals surface area (Å²) in [5.74, 6) is -1.54. The smallest absolute Gasteiger partial charge is 0.362 e. The summed E-state index contributed by atoms with van der Waals surface area (Å²) >= 11 is 0. The summed E-state index contributed by atoms with van der Waals surface area (Å²) in [6.07, 6.45) is 35.4. The number of esters is 2. The van der Waals surface area contributed by atoms with Crippen LogP contribution in [0.4, 0.5) is 0 Å². The van der Waals surface area contributed by atoms with E-state index in [0.29, 0.717) is 19.3 Å². The summed E-state index contributed by atoms with van der Waals surface area (Å²) in [5.41, 5.74) is 0. The fraction of sp³-hybridized carbons (Fsp3) is 0.833. The van der Waals surface area contributed by atoms with Crippen LogP contribution >= 0.6 is 0 Å². The molecular weight excluding hydrogens is 630 g/mol. The molecule has 0 aromatic heterocycles. The monoisotopic (exact) mass is 709 g/mol. The van der Waals surface area contributed by atoms with Gasteiger partial charge in [0.2, 0.25) is 0 Å². The third-order valence-corrected chi connectivity index (χ3v) is 9.09. The summed E-state index contributed by atoms with van der Waals surface area (Å²) in [4.78, 5) is 36.6. The molecule has 0 aromatic carbocycles. The Labute approximate surface area is 307 Å². The second-order valence-corrected chi connectivity index (χ2v) is 14.9. The fourth-order valence-electron chi connectivity index (χ4n) is 5.87. The molecular formula is C42H78NO7+. The summed E-state index contributed by atoms with van der Waals surface area (Å²) in [7, 11) is 5.50. The van der Waals surface area contributed by atoms with Crippen molar-refractivity contribution >= 4 is 17.9 Å². The number of rotatable bonds is 36. The van der Waals surface area contributed by atoms with Gasteiger partial charge in [0.05, 0.1) is 34.4 Å². The number of quaternary nitrogens is 1. The molecule has 0 rings (SSSR count). The van der Waals surface area contributed by atoms with Crippen molar-refractivity contribution in [2.24, 2.45) is 0 Å². The summed E-state index contributed by atoms with van der Waals surface area (Å²) in [5, 5.41) is 9.57. The molecule has 0 aliphatic rings. The number of unbranched alkanes of at least 4 members (excludes halogenated alkanes) is 18. The number of hydrogen-bond acceptors (Lipinski definition) is 6. The van der Waals surface area contributed by atoms with Gasteiger partial charge in [0.1, 0.15) is 6.61 Å². The predicted molar refractivity (Wildman–Crippen MR) is 206 cm³/mol. The quantitative estimate of drug-likeness (QED) is 0.0299. The molecule has 0 bridgehead atoms. The number of aliphatic carboxylic acids is 1. The Kier molecular flexibility index (Phi) is 32.4. The SMILES string of the molecule is CCCCC/C=C/CCC(=O)OCC(COCCC(C(=O)O)[N+](C)(C)C)OC(=O)CCCCCCCCC/C=C/CCCCCCCCCC. The maximum atomic E-state index is 12.6. The van der Waals surface area contributed by atoms with Gasteiger partial charge in [-0.1, -0.05) is 128 Å². The van der Waals surface area contributed by atoms with E-state index in [2.05, 4.69) is 32.1 Å². The Hall–Kier alpha value is -2.19. The first-order valence-electron chi connectivity index (χ1n) is 20.4. The first-order valence-corrected chi connectivity index (χ1v) is 20.4. The number of nitrogens with zero attached hydrogens (tertiary/aromatic N) is 1. The third-order valence-electron chi connectivity index (χ3n) is 9.09. The van der Waals surface area contributed by atoms with E-state index < -0.39 is 18.1 Å². The van der Waals surface area contributed by atoms with Gasteiger partial charge in [0.25, 0.3) is 0 Å². The highest BCUT2D eigenvalue weighted by atomic mass is 16.6. The molecule has 8 heteroatoms. The number of carbonyl (C=O) groups excluding carboxylic acids is 2. The molecule has 0 fully saturated rings. The lowest BCUT2D eigenvalue weighted by molar-refractivity contribution is -0.887. The van der Waals surface area contributed by atoms with Gasteiger partial charge in [0, 0.05) is 19.3 Å². The van der Waals surface area contributed by atoms with Gasteiger partial charge in [-0.05, 0) is 51.4 Å². The molecule has 0 aromatic rings. The van der Waals surface area contributed by atoms with Crippen molar-refractivity contribution in [2.75, 3.05) is 41.0 Å². The maximum Gasteiger partial charge on any atom is 0.362 e. The van der Waals surface area contributed by atoms with Crippen LogP contribution in [-0.2, 0) is 28.6 Å². The molecule has 0 aliphatic heterocycles. The summed E-state index contributed by atoms with van der Waals surface area (Å²) < 4.78 is 17.1. The highest BCUT2D eigenvalue weighted by molar-refractivity contribution is 5.72. The van der Waals surface area contributed by atoms with E-state index in [1.165, 1.54) is 103 Å². The average molecular weight is 709 g/mol. The predicted octanol–water partition coefficient (Wildman–Crippen LogP) is 10.5. The number of allylic oxidation sites excluding steroid dienone is 4. The third kappa shape index (κ3) is 31.8. The van der Waals surface area contributed by atoms with Gasteiger partial charge in [-0.3, -0.25) is 9.59 Å². The highest BCUT2D eigenvalue weighted by Gasteiger charge is 2.31. The van der Waals surface area contributed by atoms with E-state index in [-0.39, 0.29) is 42.7 Å². The van der Waals surface area contributed by atoms with E-state index in [4.69, 9.17) is 14.2 Å². The van der Waals surface area contributed by atoms with Crippen LogP contribution < -0.4 is 0 Å². The zero-order chi connectivity index (χ0) is 37.1. The molecule has 0 radical (unpaired) electrons. The van der Waals surface area contributed by atoms with Gasteiger partial charge >= 0.3 is 17.9 Å². The molecule has 2 unspecified atom stereocenters. The highest BCUT2D eigenvalue weighted by Crippen LogP contribution is 2.14. The van der Waals surface area contributed by atoms with Crippen LogP contribution in [0.5, 0.6) is 0 Å². The molecule has 292 valence electrons. The molecule has 2 atom stereocenters. The van der Waals surface area contributed by atoms with Crippen LogP contribution in [0.3, 0.4) is 0 Å². The molecule has 0 saturated carbocycles. The number of hydrogen-bond donors (Lipinski definition) is 1. The van der Waals surface area contributed by atoms with Crippen LogP contribution in [0.25, 0.3) is 0 Å². The van der Waals surface area contributed by atoms with E-state index >= 15 is 0 Å². The zero-order valence-electron chi connectivity index (χ0n) is 33.1. The molecule has 0 saturated heterocycles. The Morgan fingerprint density at radius 1 is 0.580 bits per heavy atom. The largest absolute Gasteiger partial charge is 0.477 e. The van der Waals surface area contributed by atoms with Crippen molar-refractivity contribution in [3.63, 3.8) is 0 Å². The van der Waals surface area contributed by atoms with Gasteiger partial charge in [-0.25, -0.2) is 4.79 Å². The lowest BCUT2D eigenvalue weighted by atomic mass is 10.1. The zero-order valence-corrected chi connectivity index (χ0v) is 33.1. The van der Waals surface area contributed by atoms with Gasteiger partial charge in [-0.2, -0.15) is 0 Å². The Balaban J connectivity index is 4.28. The topological polar surface area (TPSA) is 99.1 Å². The van der Waals surface area contributed by atoms with Crippen molar-refractivity contribution in [1.29, 1.82) is 0 Å². The number of carboxylic acids is 1. The normalized spacial score (nSPS) is 13.2. The minimum absolute atomic E-state index is 0.0498. The fourth-order valence-corrected chi connectivity index (χ4v) is 5.87. The number of carbonyl (C=O) groups is 3. The molecule has 1 N–H and O–H groups in total. The minimum Gasteiger partial charge on any atom is -0.477 e. The van der Waals surface area contributed by atoms with E-state index in [9.17, 15) is 19.5 Å². The summed E-state index contributed by atoms with van der Waals surface area (Å²) in [6, 6.07) is -0.616. The Morgan fingerprint density at radius 3 is 1.56 bits per heavy atom. The Morgan fingerprint density at radius 2 is 1.04 bits per heavy atom. The van der Waals surface area contributed by atoms with E-state index in [1.807, 2.05) is 27.2 Å². The van der Waals surface area contributed by atoms with Gasteiger partial charge in [0.15, 0.2) is 12.1 Å². The molecule has 50 heavy (non-hydrogen) atoms.